The van der Waals surface area contributed by atoms with Crippen LogP contribution in [0.2, 0.25) is 0 Å². The minimum Gasteiger partial charge on any atom is -0.265 e. The number of alkyl halides is 1. The van der Waals surface area contributed by atoms with E-state index in [0.717, 1.165) is 17.0 Å². The fourth-order valence-corrected chi connectivity index (χ4v) is 2.45. The van der Waals surface area contributed by atoms with Gasteiger partial charge in [-0.05, 0) is 13.8 Å². The number of hydrogen-bond donors (Lipinski definition) is 0. The zero-order valence-electron chi connectivity index (χ0n) is 10.8. The Kier molecular flexibility index (Phi) is 3.85. The number of para-hydroxylation sites is 1. The monoisotopic (exact) mass is 279 g/mol. The Morgan fingerprint density at radius 3 is 2.63 bits per heavy atom. The number of aryl methyl sites for hydroxylation is 1. The molecule has 0 amide bonds. The molecule has 0 aliphatic heterocycles. The third-order valence-corrected chi connectivity index (χ3v) is 3.44. The van der Waals surface area contributed by atoms with Crippen molar-refractivity contribution in [3.05, 3.63) is 56.9 Å². The molecule has 0 N–H and O–H groups in total. The summed E-state index contributed by atoms with van der Waals surface area (Å²) in [5, 5.41) is 15.4. The Balaban J connectivity index is 2.39. The highest BCUT2D eigenvalue weighted by atomic mass is 35.5. The largest absolute Gasteiger partial charge is 0.274 e. The van der Waals surface area contributed by atoms with E-state index in [-0.39, 0.29) is 10.6 Å². The standard InChI is InChI=1S/C13H14ClN3O2/c1-9-12(7-14)10(2)16(15-9)8-11-5-3-4-6-13(11)17(18)19/h3-6H,7-8H2,1-2H3. The number of nitro groups is 1. The number of halogens is 1. The summed E-state index contributed by atoms with van der Waals surface area (Å²) < 4.78 is 1.76. The average molecular weight is 280 g/mol. The summed E-state index contributed by atoms with van der Waals surface area (Å²) >= 11 is 5.87. The number of hydrogen-bond acceptors (Lipinski definition) is 3. The van der Waals surface area contributed by atoms with Gasteiger partial charge in [0, 0.05) is 17.3 Å². The molecule has 0 unspecified atom stereocenters. The van der Waals surface area contributed by atoms with Crippen LogP contribution in [0.15, 0.2) is 24.3 Å². The SMILES string of the molecule is Cc1nn(Cc2ccccc2[N+](=O)[O-])c(C)c1CCl. The van der Waals surface area contributed by atoms with E-state index in [4.69, 9.17) is 11.6 Å². The molecule has 2 rings (SSSR count). The maximum absolute atomic E-state index is 11.0. The second kappa shape index (κ2) is 5.40. The van der Waals surface area contributed by atoms with Crippen LogP contribution in [0, 0.1) is 24.0 Å². The van der Waals surface area contributed by atoms with E-state index < -0.39 is 0 Å². The summed E-state index contributed by atoms with van der Waals surface area (Å²) in [7, 11) is 0. The second-order valence-electron chi connectivity index (χ2n) is 4.33. The molecule has 0 aliphatic carbocycles. The van der Waals surface area contributed by atoms with Gasteiger partial charge in [0.15, 0.2) is 0 Å². The van der Waals surface area contributed by atoms with Crippen LogP contribution in [-0.4, -0.2) is 14.7 Å². The molecule has 0 radical (unpaired) electrons. The highest BCUT2D eigenvalue weighted by Gasteiger charge is 2.16. The van der Waals surface area contributed by atoms with E-state index in [2.05, 4.69) is 5.10 Å². The van der Waals surface area contributed by atoms with Crippen molar-refractivity contribution in [2.75, 3.05) is 0 Å². The molecule has 1 aromatic carbocycles. The summed E-state index contributed by atoms with van der Waals surface area (Å²) in [4.78, 5) is 10.6. The summed E-state index contributed by atoms with van der Waals surface area (Å²) in [6, 6.07) is 6.70. The predicted octanol–water partition coefficient (Wildman–Crippen LogP) is 3.20. The molecule has 0 saturated carbocycles. The first kappa shape index (κ1) is 13.5. The Labute approximate surface area is 116 Å². The van der Waals surface area contributed by atoms with Crippen LogP contribution in [0.25, 0.3) is 0 Å². The minimum absolute atomic E-state index is 0.113. The van der Waals surface area contributed by atoms with Gasteiger partial charge in [-0.15, -0.1) is 11.6 Å². The fraction of sp³-hybridized carbons (Fsp3) is 0.308. The summed E-state index contributed by atoms with van der Waals surface area (Å²) in [5.41, 5.74) is 3.55. The van der Waals surface area contributed by atoms with Crippen molar-refractivity contribution >= 4 is 17.3 Å². The normalized spacial score (nSPS) is 10.7. The van der Waals surface area contributed by atoms with Gasteiger partial charge in [0.25, 0.3) is 5.69 Å². The van der Waals surface area contributed by atoms with Gasteiger partial charge in [0.05, 0.1) is 28.6 Å². The fourth-order valence-electron chi connectivity index (χ4n) is 2.07. The van der Waals surface area contributed by atoms with E-state index in [1.165, 1.54) is 6.07 Å². The zero-order valence-corrected chi connectivity index (χ0v) is 11.5. The molecular weight excluding hydrogens is 266 g/mol. The van der Waals surface area contributed by atoms with Crippen LogP contribution >= 0.6 is 11.6 Å². The highest BCUT2D eigenvalue weighted by Crippen LogP contribution is 2.21. The molecule has 0 bridgehead atoms. The van der Waals surface area contributed by atoms with E-state index in [0.29, 0.717) is 18.0 Å². The number of nitrogens with zero attached hydrogens (tertiary/aromatic N) is 3. The van der Waals surface area contributed by atoms with Crippen molar-refractivity contribution in [1.82, 2.24) is 9.78 Å². The zero-order chi connectivity index (χ0) is 14.0. The summed E-state index contributed by atoms with van der Waals surface area (Å²) in [6.07, 6.45) is 0. The van der Waals surface area contributed by atoms with Gasteiger partial charge in [-0.3, -0.25) is 14.8 Å². The smallest absolute Gasteiger partial charge is 0.265 e. The molecule has 19 heavy (non-hydrogen) atoms. The van der Waals surface area contributed by atoms with Gasteiger partial charge in [-0.25, -0.2) is 0 Å². The Hall–Kier alpha value is -1.88. The molecule has 1 heterocycles. The molecule has 1 aromatic heterocycles. The van der Waals surface area contributed by atoms with Crippen molar-refractivity contribution in [2.45, 2.75) is 26.3 Å². The molecule has 2 aromatic rings. The maximum atomic E-state index is 11.0. The number of benzene rings is 1. The van der Waals surface area contributed by atoms with Gasteiger partial charge >= 0.3 is 0 Å². The van der Waals surface area contributed by atoms with E-state index in [1.54, 1.807) is 22.9 Å². The van der Waals surface area contributed by atoms with E-state index >= 15 is 0 Å². The highest BCUT2D eigenvalue weighted by molar-refractivity contribution is 6.17. The Bertz CT molecular complexity index is 622. The molecular formula is C13H14ClN3O2. The van der Waals surface area contributed by atoms with Crippen molar-refractivity contribution in [2.24, 2.45) is 0 Å². The van der Waals surface area contributed by atoms with Crippen molar-refractivity contribution in [3.63, 3.8) is 0 Å². The molecule has 0 saturated heterocycles. The Morgan fingerprint density at radius 1 is 1.37 bits per heavy atom. The first-order valence-electron chi connectivity index (χ1n) is 5.85. The van der Waals surface area contributed by atoms with Crippen LogP contribution in [0.5, 0.6) is 0 Å². The van der Waals surface area contributed by atoms with Crippen molar-refractivity contribution < 1.29 is 4.92 Å². The van der Waals surface area contributed by atoms with Gasteiger partial charge in [0.1, 0.15) is 0 Å². The quantitative estimate of drug-likeness (QED) is 0.490. The summed E-state index contributed by atoms with van der Waals surface area (Å²) in [6.45, 7) is 4.19. The molecule has 0 aliphatic rings. The van der Waals surface area contributed by atoms with Crippen LogP contribution < -0.4 is 0 Å². The first-order chi connectivity index (χ1) is 9.04. The topological polar surface area (TPSA) is 61.0 Å². The second-order valence-corrected chi connectivity index (χ2v) is 4.59. The first-order valence-corrected chi connectivity index (χ1v) is 6.39. The summed E-state index contributed by atoms with van der Waals surface area (Å²) in [5.74, 6) is 0.397. The lowest BCUT2D eigenvalue weighted by molar-refractivity contribution is -0.385. The number of aromatic nitrogens is 2. The van der Waals surface area contributed by atoms with Crippen LogP contribution in [0.3, 0.4) is 0 Å². The average Bonchev–Trinajstić information content (AvgIpc) is 2.64. The predicted molar refractivity (Wildman–Crippen MR) is 73.5 cm³/mol. The van der Waals surface area contributed by atoms with Crippen LogP contribution in [0.4, 0.5) is 5.69 Å². The minimum atomic E-state index is -0.372. The van der Waals surface area contributed by atoms with Gasteiger partial charge in [-0.2, -0.15) is 5.10 Å². The number of rotatable bonds is 4. The van der Waals surface area contributed by atoms with Gasteiger partial charge < -0.3 is 0 Å². The molecule has 0 spiro atoms. The van der Waals surface area contributed by atoms with Crippen molar-refractivity contribution in [3.8, 4) is 0 Å². The van der Waals surface area contributed by atoms with Crippen molar-refractivity contribution in [1.29, 1.82) is 0 Å². The number of nitro benzene ring substituents is 1. The maximum Gasteiger partial charge on any atom is 0.274 e. The van der Waals surface area contributed by atoms with Gasteiger partial charge in [0.2, 0.25) is 0 Å². The third kappa shape index (κ3) is 2.61. The molecule has 5 nitrogen and oxygen atoms in total. The van der Waals surface area contributed by atoms with Crippen LogP contribution in [-0.2, 0) is 12.4 Å². The van der Waals surface area contributed by atoms with Crippen LogP contribution in [0.1, 0.15) is 22.5 Å². The van der Waals surface area contributed by atoms with E-state index in [9.17, 15) is 10.1 Å². The van der Waals surface area contributed by atoms with E-state index in [1.807, 2.05) is 13.8 Å². The molecule has 100 valence electrons. The molecule has 6 heteroatoms. The third-order valence-electron chi connectivity index (χ3n) is 3.17. The lowest BCUT2D eigenvalue weighted by Gasteiger charge is -2.05. The molecule has 0 atom stereocenters. The lowest BCUT2D eigenvalue weighted by atomic mass is 10.1. The molecule has 0 fully saturated rings. The van der Waals surface area contributed by atoms with Gasteiger partial charge in [-0.1, -0.05) is 18.2 Å². The lowest BCUT2D eigenvalue weighted by Crippen LogP contribution is -2.06. The Morgan fingerprint density at radius 2 is 2.05 bits per heavy atom.